The minimum absolute atomic E-state index is 0. The molecule has 1 N–H and O–H groups in total. The zero-order valence-electron chi connectivity index (χ0n) is 15.4. The third-order valence-corrected chi connectivity index (χ3v) is 5.59. The summed E-state index contributed by atoms with van der Waals surface area (Å²) >= 11 is 1.66. The summed E-state index contributed by atoms with van der Waals surface area (Å²) in [5.41, 5.74) is 3.92. The van der Waals surface area contributed by atoms with Crippen LogP contribution in [0.3, 0.4) is 0 Å². The first-order valence-corrected chi connectivity index (χ1v) is 9.82. The standard InChI is InChI=1S/C19H22N6S.ClH/c1-3-25-17-7-5-4-6-15(17)16-12-14(8-9-18(16)25)13-20-10-11-26-19-21-22-23-24(19)2;/h4-9,12,20H,3,10-11,13H2,1-2H3;1H/p-1. The number of nitrogens with one attached hydrogen (secondary N) is 1. The van der Waals surface area contributed by atoms with Crippen LogP contribution in [0.5, 0.6) is 0 Å². The predicted molar refractivity (Wildman–Crippen MR) is 106 cm³/mol. The molecule has 2 aromatic carbocycles. The van der Waals surface area contributed by atoms with Gasteiger partial charge in [-0.15, -0.1) is 5.10 Å². The summed E-state index contributed by atoms with van der Waals surface area (Å²) in [5.74, 6) is 0.936. The molecule has 0 unspecified atom stereocenters. The van der Waals surface area contributed by atoms with Crippen LogP contribution >= 0.6 is 11.8 Å². The van der Waals surface area contributed by atoms with Crippen LogP contribution in [0.25, 0.3) is 21.8 Å². The molecule has 0 radical (unpaired) electrons. The fourth-order valence-corrected chi connectivity index (χ4v) is 4.09. The van der Waals surface area contributed by atoms with Gasteiger partial charge in [0.2, 0.25) is 5.16 Å². The van der Waals surface area contributed by atoms with E-state index in [1.807, 2.05) is 7.05 Å². The Kier molecular flexibility index (Phi) is 6.36. The second-order valence-electron chi connectivity index (χ2n) is 6.22. The first-order valence-electron chi connectivity index (χ1n) is 8.83. The van der Waals surface area contributed by atoms with Crippen LogP contribution in [-0.2, 0) is 20.1 Å². The van der Waals surface area contributed by atoms with E-state index in [2.05, 4.69) is 74.8 Å². The van der Waals surface area contributed by atoms with E-state index in [9.17, 15) is 0 Å². The molecular weight excluding hydrogens is 380 g/mol. The minimum Gasteiger partial charge on any atom is -1.00 e. The molecule has 4 rings (SSSR count). The summed E-state index contributed by atoms with van der Waals surface area (Å²) in [5, 5.41) is 18.5. The molecule has 0 aliphatic carbocycles. The van der Waals surface area contributed by atoms with Gasteiger partial charge in [0, 0.05) is 54.2 Å². The number of hydrogen-bond acceptors (Lipinski definition) is 5. The molecule has 27 heavy (non-hydrogen) atoms. The summed E-state index contributed by atoms with van der Waals surface area (Å²) in [6.45, 7) is 4.95. The van der Waals surface area contributed by atoms with Crippen molar-refractivity contribution in [3.63, 3.8) is 0 Å². The number of fused-ring (bicyclic) bond motifs is 3. The smallest absolute Gasteiger partial charge is 0.209 e. The monoisotopic (exact) mass is 401 g/mol. The lowest BCUT2D eigenvalue weighted by Gasteiger charge is -2.06. The van der Waals surface area contributed by atoms with Crippen molar-refractivity contribution in [2.45, 2.75) is 25.2 Å². The zero-order valence-corrected chi connectivity index (χ0v) is 17.0. The number of thioether (sulfide) groups is 1. The molecule has 2 heterocycles. The third-order valence-electron chi connectivity index (χ3n) is 4.57. The summed E-state index contributed by atoms with van der Waals surface area (Å²) in [7, 11) is 1.86. The van der Waals surface area contributed by atoms with Crippen LogP contribution in [0.15, 0.2) is 47.6 Å². The van der Waals surface area contributed by atoms with Gasteiger partial charge in [0.05, 0.1) is 0 Å². The molecule has 0 bridgehead atoms. The number of benzene rings is 2. The number of rotatable bonds is 7. The highest BCUT2D eigenvalue weighted by Gasteiger charge is 2.09. The number of hydrogen-bond donors (Lipinski definition) is 1. The maximum Gasteiger partial charge on any atom is 0.209 e. The fraction of sp³-hybridized carbons (Fsp3) is 0.316. The van der Waals surface area contributed by atoms with Gasteiger partial charge in [-0.25, -0.2) is 4.68 Å². The van der Waals surface area contributed by atoms with E-state index in [1.54, 1.807) is 16.4 Å². The highest BCUT2D eigenvalue weighted by Crippen LogP contribution is 2.29. The molecule has 0 aliphatic rings. The van der Waals surface area contributed by atoms with Gasteiger partial charge in [-0.05, 0) is 41.1 Å². The Morgan fingerprint density at radius 2 is 1.89 bits per heavy atom. The average Bonchev–Trinajstić information content (AvgIpc) is 3.22. The molecule has 0 saturated carbocycles. The van der Waals surface area contributed by atoms with E-state index in [4.69, 9.17) is 0 Å². The number of para-hydroxylation sites is 1. The Hall–Kier alpha value is -2.09. The number of aryl methyl sites for hydroxylation is 2. The lowest BCUT2D eigenvalue weighted by atomic mass is 10.1. The maximum atomic E-state index is 3.98. The molecule has 0 aliphatic heterocycles. The summed E-state index contributed by atoms with van der Waals surface area (Å²) in [6.07, 6.45) is 0. The van der Waals surface area contributed by atoms with Crippen molar-refractivity contribution < 1.29 is 12.4 Å². The molecule has 6 nitrogen and oxygen atoms in total. The molecule has 142 valence electrons. The number of halogens is 1. The Morgan fingerprint density at radius 1 is 1.07 bits per heavy atom. The second-order valence-corrected chi connectivity index (χ2v) is 7.29. The van der Waals surface area contributed by atoms with Crippen LogP contribution in [0, 0.1) is 0 Å². The van der Waals surface area contributed by atoms with Gasteiger partial charge in [-0.1, -0.05) is 36.0 Å². The van der Waals surface area contributed by atoms with Gasteiger partial charge in [-0.2, -0.15) is 0 Å². The quantitative estimate of drug-likeness (QED) is 0.355. The van der Waals surface area contributed by atoms with Crippen LogP contribution in [0.2, 0.25) is 0 Å². The van der Waals surface area contributed by atoms with Crippen molar-refractivity contribution >= 4 is 33.6 Å². The number of tetrazole rings is 1. The van der Waals surface area contributed by atoms with Gasteiger partial charge < -0.3 is 22.3 Å². The van der Waals surface area contributed by atoms with E-state index >= 15 is 0 Å². The third kappa shape index (κ3) is 3.95. The summed E-state index contributed by atoms with van der Waals surface area (Å²) < 4.78 is 4.08. The zero-order chi connectivity index (χ0) is 17.9. The van der Waals surface area contributed by atoms with Crippen LogP contribution in [0.4, 0.5) is 0 Å². The molecule has 0 fully saturated rings. The Labute approximate surface area is 168 Å². The van der Waals surface area contributed by atoms with Gasteiger partial charge >= 0.3 is 0 Å². The van der Waals surface area contributed by atoms with Crippen LogP contribution < -0.4 is 17.7 Å². The lowest BCUT2D eigenvalue weighted by Crippen LogP contribution is -3.00. The molecule has 2 aromatic heterocycles. The molecule has 8 heteroatoms. The van der Waals surface area contributed by atoms with Crippen LogP contribution in [0.1, 0.15) is 12.5 Å². The SMILES string of the molecule is CCn1c2ccccc2c2cc(CNCCSc3nnnn3C)ccc21.[Cl-]. The second kappa shape index (κ2) is 8.73. The van der Waals surface area contributed by atoms with Gasteiger partial charge in [0.25, 0.3) is 0 Å². The highest BCUT2D eigenvalue weighted by atomic mass is 35.5. The molecular formula is C19H22ClN6S-. The highest BCUT2D eigenvalue weighted by molar-refractivity contribution is 7.99. The molecule has 0 saturated heterocycles. The normalized spacial score (nSPS) is 11.2. The summed E-state index contributed by atoms with van der Waals surface area (Å²) in [6, 6.07) is 15.4. The summed E-state index contributed by atoms with van der Waals surface area (Å²) in [4.78, 5) is 0. The Bertz CT molecular complexity index is 1040. The van der Waals surface area contributed by atoms with E-state index < -0.39 is 0 Å². The van der Waals surface area contributed by atoms with Crippen molar-refractivity contribution in [1.29, 1.82) is 0 Å². The molecule has 0 atom stereocenters. The van der Waals surface area contributed by atoms with Crippen molar-refractivity contribution in [3.05, 3.63) is 48.0 Å². The minimum atomic E-state index is 0. The van der Waals surface area contributed by atoms with Crippen molar-refractivity contribution in [2.24, 2.45) is 7.05 Å². The Morgan fingerprint density at radius 3 is 2.67 bits per heavy atom. The number of nitrogens with zero attached hydrogens (tertiary/aromatic N) is 5. The molecule has 0 amide bonds. The van der Waals surface area contributed by atoms with Crippen molar-refractivity contribution in [1.82, 2.24) is 30.1 Å². The first-order chi connectivity index (χ1) is 12.8. The molecule has 0 spiro atoms. The maximum absolute atomic E-state index is 3.98. The van der Waals surface area contributed by atoms with Crippen LogP contribution in [-0.4, -0.2) is 37.1 Å². The topological polar surface area (TPSA) is 60.6 Å². The largest absolute Gasteiger partial charge is 1.00 e. The van der Waals surface area contributed by atoms with E-state index in [1.165, 1.54) is 27.4 Å². The first kappa shape index (κ1) is 19.7. The van der Waals surface area contributed by atoms with Gasteiger partial charge in [0.15, 0.2) is 0 Å². The van der Waals surface area contributed by atoms with Gasteiger partial charge in [0.1, 0.15) is 0 Å². The average molecular weight is 402 g/mol. The predicted octanol–water partition coefficient (Wildman–Crippen LogP) is 0.224. The van der Waals surface area contributed by atoms with E-state index in [0.717, 1.165) is 30.5 Å². The van der Waals surface area contributed by atoms with Crippen molar-refractivity contribution in [3.8, 4) is 0 Å². The van der Waals surface area contributed by atoms with Crippen molar-refractivity contribution in [2.75, 3.05) is 12.3 Å². The lowest BCUT2D eigenvalue weighted by molar-refractivity contribution is -0.00000545. The van der Waals surface area contributed by atoms with E-state index in [-0.39, 0.29) is 12.4 Å². The van der Waals surface area contributed by atoms with Gasteiger partial charge in [-0.3, -0.25) is 0 Å². The van der Waals surface area contributed by atoms with E-state index in [0.29, 0.717) is 0 Å². The number of aromatic nitrogens is 5. The fourth-order valence-electron chi connectivity index (χ4n) is 3.34. The molecule has 4 aromatic rings. The Balaban J connectivity index is 0.00000210.